The molecule has 3 nitrogen and oxygen atoms in total. The first-order chi connectivity index (χ1) is 8.08. The van der Waals surface area contributed by atoms with Crippen LogP contribution in [-0.4, -0.2) is 18.5 Å². The van der Waals surface area contributed by atoms with Crippen molar-refractivity contribution in [3.63, 3.8) is 0 Å². The van der Waals surface area contributed by atoms with E-state index >= 15 is 0 Å². The molecule has 0 radical (unpaired) electrons. The fourth-order valence-electron chi connectivity index (χ4n) is 2.26. The average Bonchev–Trinajstić information content (AvgIpc) is 2.83. The Morgan fingerprint density at radius 3 is 2.88 bits per heavy atom. The maximum absolute atomic E-state index is 12.0. The lowest BCUT2D eigenvalue weighted by Gasteiger charge is -2.14. The molecule has 1 aliphatic heterocycles. The van der Waals surface area contributed by atoms with Gasteiger partial charge in [-0.25, -0.2) is 0 Å². The summed E-state index contributed by atoms with van der Waals surface area (Å²) in [6.45, 7) is 7.93. The molecule has 1 saturated heterocycles. The molecule has 2 rings (SSSR count). The maximum Gasteiger partial charge on any atom is 0.225 e. The number of thiophene rings is 1. The van der Waals surface area contributed by atoms with Crippen LogP contribution in [0.3, 0.4) is 0 Å². The van der Waals surface area contributed by atoms with Crippen molar-refractivity contribution >= 4 is 17.2 Å². The summed E-state index contributed by atoms with van der Waals surface area (Å²) < 4.78 is 0. The normalized spacial score (nSPS) is 23.9. The van der Waals surface area contributed by atoms with Gasteiger partial charge in [-0.05, 0) is 45.4 Å². The average molecular weight is 252 g/mol. The molecule has 17 heavy (non-hydrogen) atoms. The van der Waals surface area contributed by atoms with Crippen molar-refractivity contribution < 1.29 is 4.79 Å². The largest absolute Gasteiger partial charge is 0.351 e. The van der Waals surface area contributed by atoms with Gasteiger partial charge in [0.15, 0.2) is 0 Å². The molecule has 1 fully saturated rings. The minimum Gasteiger partial charge on any atom is -0.351 e. The second kappa shape index (κ2) is 5.19. The fraction of sp³-hybridized carbons (Fsp3) is 0.615. The Morgan fingerprint density at radius 1 is 1.59 bits per heavy atom. The van der Waals surface area contributed by atoms with Gasteiger partial charge in [-0.3, -0.25) is 4.79 Å². The van der Waals surface area contributed by atoms with Gasteiger partial charge < -0.3 is 10.6 Å². The molecule has 0 bridgehead atoms. The van der Waals surface area contributed by atoms with Crippen LogP contribution in [0.15, 0.2) is 6.07 Å². The third-order valence-electron chi connectivity index (χ3n) is 3.52. The van der Waals surface area contributed by atoms with Crippen molar-refractivity contribution in [1.29, 1.82) is 0 Å². The highest BCUT2D eigenvalue weighted by Gasteiger charge is 2.28. The lowest BCUT2D eigenvalue weighted by Crippen LogP contribution is -2.36. The second-order valence-corrected chi connectivity index (χ2v) is 6.15. The second-order valence-electron chi connectivity index (χ2n) is 4.81. The summed E-state index contributed by atoms with van der Waals surface area (Å²) in [5.74, 6) is 0.323. The molecular weight excluding hydrogens is 232 g/mol. The molecule has 4 heteroatoms. The quantitative estimate of drug-likeness (QED) is 0.863. The number of rotatable bonds is 3. The molecule has 0 aromatic carbocycles. The number of hydrogen-bond acceptors (Lipinski definition) is 3. The highest BCUT2D eigenvalue weighted by atomic mass is 32.1. The SMILES string of the molecule is Cc1cc(CNC(=O)C2CCNC2C)sc1C. The van der Waals surface area contributed by atoms with E-state index in [-0.39, 0.29) is 11.8 Å². The van der Waals surface area contributed by atoms with Gasteiger partial charge in [0, 0.05) is 15.8 Å². The van der Waals surface area contributed by atoms with Gasteiger partial charge in [-0.1, -0.05) is 0 Å². The molecule has 0 aliphatic carbocycles. The van der Waals surface area contributed by atoms with Crippen molar-refractivity contribution in [1.82, 2.24) is 10.6 Å². The number of nitrogens with one attached hydrogen (secondary N) is 2. The number of aryl methyl sites for hydroxylation is 2. The molecule has 2 atom stereocenters. The van der Waals surface area contributed by atoms with Crippen molar-refractivity contribution in [2.45, 2.75) is 39.8 Å². The Kier molecular flexibility index (Phi) is 3.84. The number of carbonyl (C=O) groups is 1. The molecule has 2 N–H and O–H groups in total. The van der Waals surface area contributed by atoms with E-state index in [0.717, 1.165) is 13.0 Å². The molecule has 0 spiro atoms. The Hall–Kier alpha value is -0.870. The summed E-state index contributed by atoms with van der Waals surface area (Å²) in [6.07, 6.45) is 0.954. The van der Waals surface area contributed by atoms with Crippen LogP contribution in [0, 0.1) is 19.8 Å². The van der Waals surface area contributed by atoms with E-state index in [9.17, 15) is 4.79 Å². The standard InChI is InChI=1S/C13H20N2OS/c1-8-6-11(17-10(8)3)7-15-13(16)12-4-5-14-9(12)2/h6,9,12,14H,4-5,7H2,1-3H3,(H,15,16). The Labute approximate surface area is 107 Å². The predicted molar refractivity (Wildman–Crippen MR) is 71.2 cm³/mol. The van der Waals surface area contributed by atoms with Gasteiger partial charge >= 0.3 is 0 Å². The van der Waals surface area contributed by atoms with E-state index in [1.54, 1.807) is 11.3 Å². The Bertz CT molecular complexity index is 394. The molecule has 2 heterocycles. The third kappa shape index (κ3) is 2.87. The number of amides is 1. The van der Waals surface area contributed by atoms with E-state index in [0.29, 0.717) is 12.6 Å². The zero-order chi connectivity index (χ0) is 12.4. The van der Waals surface area contributed by atoms with E-state index in [1.807, 2.05) is 0 Å². The minimum absolute atomic E-state index is 0.136. The topological polar surface area (TPSA) is 41.1 Å². The van der Waals surface area contributed by atoms with Crippen molar-refractivity contribution in [3.05, 3.63) is 21.4 Å². The van der Waals surface area contributed by atoms with E-state index in [4.69, 9.17) is 0 Å². The van der Waals surface area contributed by atoms with E-state index in [1.165, 1.54) is 15.3 Å². The summed E-state index contributed by atoms with van der Waals surface area (Å²) in [5.41, 5.74) is 1.31. The lowest BCUT2D eigenvalue weighted by atomic mass is 10.0. The zero-order valence-corrected chi connectivity index (χ0v) is 11.5. The smallest absolute Gasteiger partial charge is 0.225 e. The first-order valence-corrected chi connectivity index (χ1v) is 6.96. The van der Waals surface area contributed by atoms with E-state index in [2.05, 4.69) is 37.5 Å². The summed E-state index contributed by atoms with van der Waals surface area (Å²) in [7, 11) is 0. The molecule has 1 aliphatic rings. The van der Waals surface area contributed by atoms with Crippen LogP contribution in [0.25, 0.3) is 0 Å². The van der Waals surface area contributed by atoms with Crippen molar-refractivity contribution in [3.8, 4) is 0 Å². The van der Waals surface area contributed by atoms with Crippen LogP contribution in [0.1, 0.15) is 28.7 Å². The van der Waals surface area contributed by atoms with Gasteiger partial charge in [-0.15, -0.1) is 11.3 Å². The molecular formula is C13H20N2OS. The Balaban J connectivity index is 1.87. The molecule has 1 aromatic heterocycles. The fourth-order valence-corrected chi connectivity index (χ4v) is 3.25. The van der Waals surface area contributed by atoms with Crippen LogP contribution in [0.4, 0.5) is 0 Å². The zero-order valence-electron chi connectivity index (χ0n) is 10.7. The highest BCUT2D eigenvalue weighted by Crippen LogP contribution is 2.21. The summed E-state index contributed by atoms with van der Waals surface area (Å²) >= 11 is 1.77. The summed E-state index contributed by atoms with van der Waals surface area (Å²) in [6, 6.07) is 2.47. The van der Waals surface area contributed by atoms with Crippen LogP contribution < -0.4 is 10.6 Å². The van der Waals surface area contributed by atoms with Crippen molar-refractivity contribution in [2.24, 2.45) is 5.92 Å². The number of carbonyl (C=O) groups excluding carboxylic acids is 1. The highest BCUT2D eigenvalue weighted by molar-refractivity contribution is 7.12. The predicted octanol–water partition coefficient (Wildman–Crippen LogP) is 1.98. The Morgan fingerprint density at radius 2 is 2.35 bits per heavy atom. The maximum atomic E-state index is 12.0. The molecule has 0 saturated carbocycles. The lowest BCUT2D eigenvalue weighted by molar-refractivity contribution is -0.125. The van der Waals surface area contributed by atoms with Gasteiger partial charge in [0.05, 0.1) is 12.5 Å². The summed E-state index contributed by atoms with van der Waals surface area (Å²) in [5, 5.41) is 6.35. The van der Waals surface area contributed by atoms with Crippen LogP contribution in [0.2, 0.25) is 0 Å². The molecule has 1 aromatic rings. The monoisotopic (exact) mass is 252 g/mol. The molecule has 1 amide bonds. The first-order valence-electron chi connectivity index (χ1n) is 6.15. The number of hydrogen-bond donors (Lipinski definition) is 2. The van der Waals surface area contributed by atoms with Gasteiger partial charge in [0.1, 0.15) is 0 Å². The third-order valence-corrected chi connectivity index (χ3v) is 4.67. The van der Waals surface area contributed by atoms with Crippen LogP contribution in [-0.2, 0) is 11.3 Å². The van der Waals surface area contributed by atoms with Crippen molar-refractivity contribution in [2.75, 3.05) is 6.54 Å². The summed E-state index contributed by atoms with van der Waals surface area (Å²) in [4.78, 5) is 14.6. The molecule has 2 unspecified atom stereocenters. The first kappa shape index (κ1) is 12.6. The van der Waals surface area contributed by atoms with Gasteiger partial charge in [0.2, 0.25) is 5.91 Å². The molecule has 94 valence electrons. The van der Waals surface area contributed by atoms with Crippen LogP contribution >= 0.6 is 11.3 Å². The van der Waals surface area contributed by atoms with Gasteiger partial charge in [0.25, 0.3) is 0 Å². The minimum atomic E-state index is 0.136. The van der Waals surface area contributed by atoms with E-state index < -0.39 is 0 Å². The van der Waals surface area contributed by atoms with Crippen LogP contribution in [0.5, 0.6) is 0 Å². The van der Waals surface area contributed by atoms with Gasteiger partial charge in [-0.2, -0.15) is 0 Å².